The summed E-state index contributed by atoms with van der Waals surface area (Å²) in [5.74, 6) is 0.775. The number of methoxy groups -OCH3 is 1. The third kappa shape index (κ3) is 4.86. The minimum absolute atomic E-state index is 0.0166. The van der Waals surface area contributed by atoms with E-state index in [1.54, 1.807) is 36.4 Å². The molecule has 0 saturated carbocycles. The van der Waals surface area contributed by atoms with Gasteiger partial charge in [0.05, 0.1) is 37.3 Å². The lowest BCUT2D eigenvalue weighted by molar-refractivity contribution is -0.141. The van der Waals surface area contributed by atoms with Crippen LogP contribution in [0.2, 0.25) is 0 Å². The van der Waals surface area contributed by atoms with Crippen LogP contribution in [0.15, 0.2) is 54.6 Å². The lowest BCUT2D eigenvalue weighted by Crippen LogP contribution is -2.13. The molecule has 8 heteroatoms. The van der Waals surface area contributed by atoms with Gasteiger partial charge in [0.1, 0.15) is 17.6 Å². The van der Waals surface area contributed by atoms with Crippen LogP contribution in [-0.4, -0.2) is 19.7 Å². The molecule has 0 fully saturated rings. The lowest BCUT2D eigenvalue weighted by atomic mass is 9.90. The Kier molecular flexibility index (Phi) is 6.55. The number of benzene rings is 3. The maximum atomic E-state index is 14.0. The molecule has 37 heavy (non-hydrogen) atoms. The average Bonchev–Trinajstić information content (AvgIpc) is 3.47. The number of fused-ring (bicyclic) bond motifs is 2. The Bertz CT molecular complexity index is 1390. The van der Waals surface area contributed by atoms with E-state index in [9.17, 15) is 23.2 Å². The highest BCUT2D eigenvalue weighted by Gasteiger charge is 2.38. The van der Waals surface area contributed by atoms with Crippen LogP contribution in [0.25, 0.3) is 0 Å². The van der Waals surface area contributed by atoms with Gasteiger partial charge >= 0.3 is 12.1 Å². The molecular weight excluding hydrogens is 483 g/mol. The van der Waals surface area contributed by atoms with Crippen LogP contribution >= 0.6 is 0 Å². The minimum atomic E-state index is -4.51. The molecule has 0 spiro atoms. The summed E-state index contributed by atoms with van der Waals surface area (Å²) in [5.41, 5.74) is 2.69. The number of ether oxygens (including phenoxy) is 3. The van der Waals surface area contributed by atoms with Crippen molar-refractivity contribution in [3.8, 4) is 17.6 Å². The standard InChI is InChI=1S/C29H24F3NO4/c1-35-28(34)13-19-16-36-27-14-20(6-7-21(19)27)37-26-11-9-22-23(26)8-10-25(29(30,31)32)24(22)12-17-4-2-3-5-18(17)15-33/h2-8,10,14,19,26H,9,11-13,16H2,1H3. The largest absolute Gasteiger partial charge is 0.492 e. The maximum Gasteiger partial charge on any atom is 0.416 e. The average molecular weight is 508 g/mol. The van der Waals surface area contributed by atoms with Crippen LogP contribution < -0.4 is 9.47 Å². The van der Waals surface area contributed by atoms with E-state index in [1.165, 1.54) is 13.2 Å². The predicted octanol–water partition coefficient (Wildman–Crippen LogP) is 6.27. The summed E-state index contributed by atoms with van der Waals surface area (Å²) in [6.45, 7) is 0.369. The van der Waals surface area contributed by atoms with Crippen molar-refractivity contribution in [3.63, 3.8) is 0 Å². The number of hydrogen-bond acceptors (Lipinski definition) is 5. The molecule has 0 bridgehead atoms. The van der Waals surface area contributed by atoms with Gasteiger partial charge in [0, 0.05) is 17.5 Å². The van der Waals surface area contributed by atoms with E-state index in [1.807, 2.05) is 6.07 Å². The molecule has 2 atom stereocenters. The minimum Gasteiger partial charge on any atom is -0.492 e. The molecule has 0 radical (unpaired) electrons. The van der Waals surface area contributed by atoms with Crippen molar-refractivity contribution in [3.05, 3.63) is 93.5 Å². The zero-order valence-electron chi connectivity index (χ0n) is 20.1. The Morgan fingerprint density at radius 3 is 2.68 bits per heavy atom. The molecule has 5 nitrogen and oxygen atoms in total. The third-order valence-electron chi connectivity index (χ3n) is 7.07. The number of hydrogen-bond donors (Lipinski definition) is 0. The van der Waals surface area contributed by atoms with Gasteiger partial charge in [-0.1, -0.05) is 30.3 Å². The fraction of sp³-hybridized carbons (Fsp3) is 0.310. The summed E-state index contributed by atoms with van der Waals surface area (Å²) in [5, 5.41) is 9.44. The number of alkyl halides is 3. The number of rotatable bonds is 6. The molecule has 1 aliphatic carbocycles. The van der Waals surface area contributed by atoms with Gasteiger partial charge in [-0.15, -0.1) is 0 Å². The van der Waals surface area contributed by atoms with Gasteiger partial charge in [0.15, 0.2) is 0 Å². The van der Waals surface area contributed by atoms with E-state index in [0.29, 0.717) is 47.6 Å². The molecule has 3 aromatic carbocycles. The van der Waals surface area contributed by atoms with E-state index < -0.39 is 17.8 Å². The topological polar surface area (TPSA) is 68.6 Å². The van der Waals surface area contributed by atoms with Gasteiger partial charge < -0.3 is 14.2 Å². The molecule has 5 rings (SSSR count). The second kappa shape index (κ2) is 9.81. The molecular formula is C29H24F3NO4. The van der Waals surface area contributed by atoms with Gasteiger partial charge in [0.25, 0.3) is 0 Å². The summed E-state index contributed by atoms with van der Waals surface area (Å²) in [6, 6.07) is 16.9. The molecule has 0 N–H and O–H groups in total. The molecule has 2 aliphatic rings. The van der Waals surface area contributed by atoms with Crippen molar-refractivity contribution < 1.29 is 32.2 Å². The van der Waals surface area contributed by atoms with Crippen molar-refractivity contribution in [2.45, 2.75) is 43.9 Å². The van der Waals surface area contributed by atoms with Crippen LogP contribution in [0.1, 0.15) is 63.8 Å². The Balaban J connectivity index is 1.43. The number of carbonyl (C=O) groups excluding carboxylic acids is 1. The molecule has 2 unspecified atom stereocenters. The van der Waals surface area contributed by atoms with Crippen molar-refractivity contribution in [2.24, 2.45) is 0 Å². The van der Waals surface area contributed by atoms with E-state index in [-0.39, 0.29) is 30.3 Å². The van der Waals surface area contributed by atoms with Gasteiger partial charge in [-0.3, -0.25) is 4.79 Å². The van der Waals surface area contributed by atoms with Crippen molar-refractivity contribution in [2.75, 3.05) is 13.7 Å². The zero-order chi connectivity index (χ0) is 26.2. The number of esters is 1. The van der Waals surface area contributed by atoms with E-state index in [2.05, 4.69) is 6.07 Å². The van der Waals surface area contributed by atoms with Crippen molar-refractivity contribution in [1.82, 2.24) is 0 Å². The molecule has 1 aliphatic heterocycles. The Labute approximate surface area is 212 Å². The highest BCUT2D eigenvalue weighted by Crippen LogP contribution is 2.44. The SMILES string of the molecule is COC(=O)CC1COc2cc(OC3CCc4c3ccc(C(F)(F)F)c4Cc3ccccc3C#N)ccc21. The van der Waals surface area contributed by atoms with Gasteiger partial charge in [-0.05, 0) is 59.7 Å². The van der Waals surface area contributed by atoms with Crippen LogP contribution in [-0.2, 0) is 28.5 Å². The molecule has 190 valence electrons. The fourth-order valence-corrected chi connectivity index (χ4v) is 5.25. The zero-order valence-corrected chi connectivity index (χ0v) is 20.1. The van der Waals surface area contributed by atoms with Crippen LogP contribution in [0.3, 0.4) is 0 Å². The number of carbonyl (C=O) groups is 1. The number of nitrogens with zero attached hydrogens (tertiary/aromatic N) is 1. The molecule has 3 aromatic rings. The highest BCUT2D eigenvalue weighted by atomic mass is 19.4. The summed E-state index contributed by atoms with van der Waals surface area (Å²) < 4.78 is 58.6. The van der Waals surface area contributed by atoms with Crippen LogP contribution in [0.5, 0.6) is 11.5 Å². The summed E-state index contributed by atoms with van der Waals surface area (Å²) in [6.07, 6.45) is -3.71. The fourth-order valence-electron chi connectivity index (χ4n) is 5.25. The maximum absolute atomic E-state index is 14.0. The summed E-state index contributed by atoms with van der Waals surface area (Å²) in [7, 11) is 1.35. The van der Waals surface area contributed by atoms with Crippen LogP contribution in [0.4, 0.5) is 13.2 Å². The van der Waals surface area contributed by atoms with Gasteiger partial charge in [-0.25, -0.2) is 0 Å². The smallest absolute Gasteiger partial charge is 0.416 e. The Morgan fingerprint density at radius 1 is 1.14 bits per heavy atom. The van der Waals surface area contributed by atoms with Gasteiger partial charge in [0.2, 0.25) is 0 Å². The quantitative estimate of drug-likeness (QED) is 0.368. The predicted molar refractivity (Wildman–Crippen MR) is 128 cm³/mol. The van der Waals surface area contributed by atoms with E-state index >= 15 is 0 Å². The Hall–Kier alpha value is -3.99. The van der Waals surface area contributed by atoms with Gasteiger partial charge in [-0.2, -0.15) is 18.4 Å². The number of nitriles is 1. The molecule has 1 heterocycles. The summed E-state index contributed by atoms with van der Waals surface area (Å²) >= 11 is 0. The first-order valence-electron chi connectivity index (χ1n) is 12.0. The normalized spacial score (nSPS) is 17.9. The molecule has 0 saturated heterocycles. The summed E-state index contributed by atoms with van der Waals surface area (Å²) in [4.78, 5) is 11.7. The second-order valence-electron chi connectivity index (χ2n) is 9.24. The van der Waals surface area contributed by atoms with E-state index in [4.69, 9.17) is 14.2 Å². The highest BCUT2D eigenvalue weighted by molar-refractivity contribution is 5.71. The second-order valence-corrected chi connectivity index (χ2v) is 9.24. The first-order valence-corrected chi connectivity index (χ1v) is 12.0. The van der Waals surface area contributed by atoms with E-state index in [0.717, 1.165) is 17.2 Å². The molecule has 0 aromatic heterocycles. The first-order chi connectivity index (χ1) is 17.8. The molecule has 0 amide bonds. The number of halogens is 3. The lowest BCUT2D eigenvalue weighted by Gasteiger charge is -2.20. The third-order valence-corrected chi connectivity index (χ3v) is 7.07. The monoisotopic (exact) mass is 507 g/mol. The van der Waals surface area contributed by atoms with Crippen molar-refractivity contribution in [1.29, 1.82) is 5.26 Å². The first kappa shape index (κ1) is 24.7. The van der Waals surface area contributed by atoms with Crippen LogP contribution in [0, 0.1) is 11.3 Å². The Morgan fingerprint density at radius 2 is 1.92 bits per heavy atom. The van der Waals surface area contributed by atoms with Crippen molar-refractivity contribution >= 4 is 5.97 Å².